The van der Waals surface area contributed by atoms with E-state index >= 15 is 0 Å². The van der Waals surface area contributed by atoms with Crippen molar-refractivity contribution in [2.45, 2.75) is 50.6 Å². The van der Waals surface area contributed by atoms with E-state index in [1.807, 2.05) is 0 Å². The lowest BCUT2D eigenvalue weighted by atomic mass is 9.92. The van der Waals surface area contributed by atoms with Crippen LogP contribution >= 0.6 is 0 Å². The average molecular weight is 287 g/mol. The van der Waals surface area contributed by atoms with Crippen molar-refractivity contribution in [3.63, 3.8) is 0 Å². The summed E-state index contributed by atoms with van der Waals surface area (Å²) in [6.45, 7) is 4.54. The molecule has 0 spiro atoms. The molecule has 1 aromatic rings. The van der Waals surface area contributed by atoms with Gasteiger partial charge in [0.05, 0.1) is 19.3 Å². The molecular formula is C12H21N3O3S. The highest BCUT2D eigenvalue weighted by Gasteiger charge is 2.33. The predicted octanol–water partition coefficient (Wildman–Crippen LogP) is 0.732. The van der Waals surface area contributed by atoms with Crippen molar-refractivity contribution in [2.75, 3.05) is 6.61 Å². The van der Waals surface area contributed by atoms with Crippen LogP contribution in [-0.2, 0) is 16.6 Å². The van der Waals surface area contributed by atoms with E-state index < -0.39 is 10.0 Å². The van der Waals surface area contributed by atoms with Crippen molar-refractivity contribution in [3.05, 3.63) is 12.4 Å². The second kappa shape index (κ2) is 5.22. The number of hydrogen-bond acceptors (Lipinski definition) is 4. The van der Waals surface area contributed by atoms with Gasteiger partial charge in [-0.1, -0.05) is 13.8 Å². The molecule has 1 aromatic heterocycles. The van der Waals surface area contributed by atoms with Crippen LogP contribution in [0, 0.1) is 5.41 Å². The molecule has 1 unspecified atom stereocenters. The minimum Gasteiger partial charge on any atom is -0.394 e. The quantitative estimate of drug-likeness (QED) is 0.836. The fourth-order valence-electron chi connectivity index (χ4n) is 2.53. The van der Waals surface area contributed by atoms with E-state index in [2.05, 4.69) is 23.7 Å². The van der Waals surface area contributed by atoms with Gasteiger partial charge < -0.3 is 5.11 Å². The van der Waals surface area contributed by atoms with Gasteiger partial charge in [-0.3, -0.25) is 4.68 Å². The Bertz CT molecular complexity index is 536. The molecule has 0 amide bonds. The van der Waals surface area contributed by atoms with E-state index in [0.29, 0.717) is 6.54 Å². The van der Waals surface area contributed by atoms with Gasteiger partial charge in [-0.15, -0.1) is 0 Å². The maximum atomic E-state index is 12.2. The lowest BCUT2D eigenvalue weighted by Crippen LogP contribution is -2.33. The minimum atomic E-state index is -3.51. The van der Waals surface area contributed by atoms with Crippen molar-refractivity contribution in [2.24, 2.45) is 5.41 Å². The predicted molar refractivity (Wildman–Crippen MR) is 71.1 cm³/mol. The third-order valence-electron chi connectivity index (χ3n) is 3.54. The summed E-state index contributed by atoms with van der Waals surface area (Å²) in [5, 5.41) is 12.7. The fourth-order valence-corrected chi connectivity index (χ4v) is 3.75. The van der Waals surface area contributed by atoms with Crippen molar-refractivity contribution < 1.29 is 13.5 Å². The first-order valence-electron chi connectivity index (χ1n) is 6.48. The fraction of sp³-hybridized carbons (Fsp3) is 0.750. The highest BCUT2D eigenvalue weighted by molar-refractivity contribution is 7.89. The molecule has 19 heavy (non-hydrogen) atoms. The van der Waals surface area contributed by atoms with Crippen molar-refractivity contribution in [1.29, 1.82) is 0 Å². The van der Waals surface area contributed by atoms with Crippen LogP contribution < -0.4 is 4.72 Å². The summed E-state index contributed by atoms with van der Waals surface area (Å²) in [5.41, 5.74) is 0.203. The van der Waals surface area contributed by atoms with Gasteiger partial charge in [0, 0.05) is 12.2 Å². The molecule has 0 aromatic carbocycles. The molecule has 2 rings (SSSR count). The Morgan fingerprint density at radius 2 is 2.32 bits per heavy atom. The number of nitrogens with zero attached hydrogens (tertiary/aromatic N) is 2. The van der Waals surface area contributed by atoms with Gasteiger partial charge in [-0.2, -0.15) is 5.10 Å². The summed E-state index contributed by atoms with van der Waals surface area (Å²) in [5.74, 6) is 0. The molecule has 1 heterocycles. The lowest BCUT2D eigenvalue weighted by molar-refractivity contribution is 0.269. The zero-order valence-corrected chi connectivity index (χ0v) is 12.2. The third-order valence-corrected chi connectivity index (χ3v) is 5.01. The molecule has 1 aliphatic rings. The van der Waals surface area contributed by atoms with Crippen LogP contribution in [-0.4, -0.2) is 36.0 Å². The van der Waals surface area contributed by atoms with Crippen molar-refractivity contribution >= 4 is 10.0 Å². The van der Waals surface area contributed by atoms with E-state index in [1.165, 1.54) is 17.1 Å². The molecule has 1 atom stereocenters. The summed E-state index contributed by atoms with van der Waals surface area (Å²) in [6, 6.07) is 0.00110. The molecule has 108 valence electrons. The number of aliphatic hydroxyl groups excluding tert-OH is 1. The van der Waals surface area contributed by atoms with Crippen molar-refractivity contribution in [1.82, 2.24) is 14.5 Å². The maximum absolute atomic E-state index is 12.2. The molecule has 1 aliphatic carbocycles. The Labute approximate surface area is 113 Å². The number of aliphatic hydroxyl groups is 1. The van der Waals surface area contributed by atoms with Crippen LogP contribution in [0.2, 0.25) is 0 Å². The van der Waals surface area contributed by atoms with Crippen LogP contribution in [0.4, 0.5) is 0 Å². The van der Waals surface area contributed by atoms with Crippen LogP contribution in [0.3, 0.4) is 0 Å². The van der Waals surface area contributed by atoms with E-state index in [9.17, 15) is 8.42 Å². The SMILES string of the molecule is CC1(C)CCC(NS(=O)(=O)c2cnn(CCO)c2)C1. The van der Waals surface area contributed by atoms with Crippen LogP contribution in [0.1, 0.15) is 33.1 Å². The highest BCUT2D eigenvalue weighted by atomic mass is 32.2. The van der Waals surface area contributed by atoms with Gasteiger partial charge >= 0.3 is 0 Å². The van der Waals surface area contributed by atoms with Gasteiger partial charge in [-0.05, 0) is 24.7 Å². The average Bonchev–Trinajstić information content (AvgIpc) is 2.86. The van der Waals surface area contributed by atoms with Crippen LogP contribution in [0.5, 0.6) is 0 Å². The number of aromatic nitrogens is 2. The lowest BCUT2D eigenvalue weighted by Gasteiger charge is -2.17. The normalized spacial score (nSPS) is 22.8. The first-order valence-corrected chi connectivity index (χ1v) is 7.96. The summed E-state index contributed by atoms with van der Waals surface area (Å²) in [6.07, 6.45) is 5.52. The second-order valence-electron chi connectivity index (χ2n) is 5.89. The van der Waals surface area contributed by atoms with Gasteiger partial charge in [0.15, 0.2) is 0 Å². The summed E-state index contributed by atoms with van der Waals surface area (Å²) in [7, 11) is -3.51. The van der Waals surface area contributed by atoms with E-state index in [-0.39, 0.29) is 23.0 Å². The van der Waals surface area contributed by atoms with Gasteiger partial charge in [0.1, 0.15) is 4.90 Å². The zero-order chi connectivity index (χ0) is 14.1. The molecule has 0 bridgehead atoms. The third kappa shape index (κ3) is 3.55. The smallest absolute Gasteiger partial charge is 0.243 e. The Balaban J connectivity index is 2.05. The standard InChI is InChI=1S/C12H21N3O3S/c1-12(2)4-3-10(7-12)14-19(17,18)11-8-13-15(9-11)5-6-16/h8-10,14,16H,3-7H2,1-2H3. The molecule has 6 nitrogen and oxygen atoms in total. The first-order chi connectivity index (χ1) is 8.82. The van der Waals surface area contributed by atoms with Crippen LogP contribution in [0.15, 0.2) is 17.3 Å². The molecule has 0 saturated heterocycles. The van der Waals surface area contributed by atoms with E-state index in [1.54, 1.807) is 0 Å². The number of rotatable bonds is 5. The Morgan fingerprint density at radius 1 is 1.58 bits per heavy atom. The molecule has 7 heteroatoms. The topological polar surface area (TPSA) is 84.2 Å². The zero-order valence-electron chi connectivity index (χ0n) is 11.3. The maximum Gasteiger partial charge on any atom is 0.243 e. The van der Waals surface area contributed by atoms with Gasteiger partial charge in [0.25, 0.3) is 0 Å². The molecule has 0 aliphatic heterocycles. The Kier molecular flexibility index (Phi) is 3.98. The number of nitrogens with one attached hydrogen (secondary N) is 1. The van der Waals surface area contributed by atoms with Crippen LogP contribution in [0.25, 0.3) is 0 Å². The Morgan fingerprint density at radius 3 is 2.89 bits per heavy atom. The molecule has 1 fully saturated rings. The second-order valence-corrected chi connectivity index (χ2v) is 7.60. The summed E-state index contributed by atoms with van der Waals surface area (Å²) in [4.78, 5) is 0.158. The van der Waals surface area contributed by atoms with E-state index in [4.69, 9.17) is 5.11 Å². The van der Waals surface area contributed by atoms with Crippen molar-refractivity contribution in [3.8, 4) is 0 Å². The summed E-state index contributed by atoms with van der Waals surface area (Å²) >= 11 is 0. The molecule has 2 N–H and O–H groups in total. The molecular weight excluding hydrogens is 266 g/mol. The Hall–Kier alpha value is -0.920. The highest BCUT2D eigenvalue weighted by Crippen LogP contribution is 2.37. The van der Waals surface area contributed by atoms with Gasteiger partial charge in [0.2, 0.25) is 10.0 Å². The first kappa shape index (κ1) is 14.5. The number of sulfonamides is 1. The van der Waals surface area contributed by atoms with E-state index in [0.717, 1.165) is 19.3 Å². The minimum absolute atomic E-state index is 0.00110. The van der Waals surface area contributed by atoms with Gasteiger partial charge in [-0.25, -0.2) is 13.1 Å². The summed E-state index contributed by atoms with van der Waals surface area (Å²) < 4.78 is 28.5. The largest absolute Gasteiger partial charge is 0.394 e. The molecule has 0 radical (unpaired) electrons. The molecule has 1 saturated carbocycles. The number of hydrogen-bond donors (Lipinski definition) is 2. The monoisotopic (exact) mass is 287 g/mol.